The number of amides is 3. The van der Waals surface area contributed by atoms with Crippen LogP contribution in [0.15, 0.2) is 24.3 Å². The number of carbonyl (C=O) groups is 3. The number of benzene rings is 1. The fourth-order valence-corrected chi connectivity index (χ4v) is 2.75. The standard InChI is InChI=1S/C22H35N3O4/c1-22(2,3)14-13-19(27)24-15-5-4-6-18(21(23)29)25-20(28)12-9-16-7-10-17(26)11-8-16/h7-8,10-11,18,26H,4-6,9,12-15H2,1-3H3,(H2,23,29)(H,24,27)(H,25,28)/t18-/m0/s1. The molecular weight excluding hydrogens is 370 g/mol. The Bertz CT molecular complexity index is 666. The average molecular weight is 406 g/mol. The van der Waals surface area contributed by atoms with Crippen LogP contribution in [0.2, 0.25) is 0 Å². The lowest BCUT2D eigenvalue weighted by atomic mass is 9.90. The van der Waals surface area contributed by atoms with Gasteiger partial charge in [0.05, 0.1) is 0 Å². The fraction of sp³-hybridized carbons (Fsp3) is 0.591. The number of rotatable bonds is 12. The van der Waals surface area contributed by atoms with E-state index in [-0.39, 0.29) is 29.4 Å². The molecule has 1 rings (SSSR count). The third kappa shape index (κ3) is 11.8. The van der Waals surface area contributed by atoms with Gasteiger partial charge in [-0.15, -0.1) is 0 Å². The van der Waals surface area contributed by atoms with Gasteiger partial charge in [-0.2, -0.15) is 0 Å². The highest BCUT2D eigenvalue weighted by molar-refractivity contribution is 5.86. The molecule has 0 aliphatic rings. The molecule has 0 aromatic heterocycles. The van der Waals surface area contributed by atoms with Gasteiger partial charge in [0.1, 0.15) is 11.8 Å². The monoisotopic (exact) mass is 405 g/mol. The van der Waals surface area contributed by atoms with Crippen LogP contribution in [-0.2, 0) is 20.8 Å². The molecule has 0 spiro atoms. The molecule has 7 heteroatoms. The van der Waals surface area contributed by atoms with E-state index in [0.717, 1.165) is 12.0 Å². The molecule has 0 unspecified atom stereocenters. The van der Waals surface area contributed by atoms with E-state index in [0.29, 0.717) is 38.6 Å². The van der Waals surface area contributed by atoms with Crippen molar-refractivity contribution in [3.05, 3.63) is 29.8 Å². The lowest BCUT2D eigenvalue weighted by Crippen LogP contribution is -2.44. The average Bonchev–Trinajstić information content (AvgIpc) is 2.64. The zero-order chi connectivity index (χ0) is 21.9. The first-order chi connectivity index (χ1) is 13.6. The number of phenols is 1. The van der Waals surface area contributed by atoms with E-state index in [2.05, 4.69) is 31.4 Å². The van der Waals surface area contributed by atoms with Crippen LogP contribution in [0.25, 0.3) is 0 Å². The minimum atomic E-state index is -0.709. The molecule has 3 amide bonds. The molecule has 0 radical (unpaired) electrons. The Kier molecular flexibility index (Phi) is 10.2. The molecular formula is C22H35N3O4. The van der Waals surface area contributed by atoms with Gasteiger partial charge in [-0.25, -0.2) is 0 Å². The molecule has 7 nitrogen and oxygen atoms in total. The van der Waals surface area contributed by atoms with Crippen molar-refractivity contribution in [3.8, 4) is 5.75 Å². The molecule has 29 heavy (non-hydrogen) atoms. The molecule has 1 aromatic rings. The number of hydrogen-bond donors (Lipinski definition) is 4. The number of nitrogens with two attached hydrogens (primary N) is 1. The topological polar surface area (TPSA) is 122 Å². The lowest BCUT2D eigenvalue weighted by molar-refractivity contribution is -0.127. The smallest absolute Gasteiger partial charge is 0.239 e. The van der Waals surface area contributed by atoms with Gasteiger partial charge in [0.15, 0.2) is 0 Å². The summed E-state index contributed by atoms with van der Waals surface area (Å²) in [5, 5.41) is 14.8. The molecule has 162 valence electrons. The van der Waals surface area contributed by atoms with E-state index >= 15 is 0 Å². The van der Waals surface area contributed by atoms with Crippen LogP contribution in [0.1, 0.15) is 64.9 Å². The van der Waals surface area contributed by atoms with Gasteiger partial charge in [-0.1, -0.05) is 32.9 Å². The second kappa shape index (κ2) is 12.1. The fourth-order valence-electron chi connectivity index (χ4n) is 2.75. The Morgan fingerprint density at radius 2 is 1.69 bits per heavy atom. The maximum Gasteiger partial charge on any atom is 0.239 e. The van der Waals surface area contributed by atoms with Crippen LogP contribution in [-0.4, -0.2) is 35.4 Å². The van der Waals surface area contributed by atoms with E-state index in [4.69, 9.17) is 5.73 Å². The maximum absolute atomic E-state index is 12.1. The maximum atomic E-state index is 12.1. The lowest BCUT2D eigenvalue weighted by Gasteiger charge is -2.17. The second-order valence-corrected chi connectivity index (χ2v) is 8.60. The first-order valence-corrected chi connectivity index (χ1v) is 10.2. The molecule has 1 atom stereocenters. The van der Waals surface area contributed by atoms with Crippen molar-refractivity contribution in [2.45, 2.75) is 71.8 Å². The van der Waals surface area contributed by atoms with Gasteiger partial charge in [0.25, 0.3) is 0 Å². The first-order valence-electron chi connectivity index (χ1n) is 10.2. The zero-order valence-corrected chi connectivity index (χ0v) is 17.8. The number of hydrogen-bond acceptors (Lipinski definition) is 4. The molecule has 0 saturated heterocycles. The van der Waals surface area contributed by atoms with E-state index in [9.17, 15) is 19.5 Å². The largest absolute Gasteiger partial charge is 0.508 e. The quantitative estimate of drug-likeness (QED) is 0.399. The minimum absolute atomic E-state index is 0.0360. The molecule has 1 aromatic carbocycles. The van der Waals surface area contributed by atoms with E-state index in [1.165, 1.54) is 0 Å². The number of nitrogens with one attached hydrogen (secondary N) is 2. The SMILES string of the molecule is CC(C)(C)CCC(=O)NCCCC[C@H](NC(=O)CCc1ccc(O)cc1)C(N)=O. The number of aryl methyl sites for hydroxylation is 1. The van der Waals surface area contributed by atoms with Gasteiger partial charge in [-0.3, -0.25) is 14.4 Å². The number of aromatic hydroxyl groups is 1. The van der Waals surface area contributed by atoms with E-state index in [1.54, 1.807) is 24.3 Å². The Labute approximate surface area is 173 Å². The number of primary amides is 1. The Morgan fingerprint density at radius 1 is 1.03 bits per heavy atom. The van der Waals surface area contributed by atoms with Crippen LogP contribution in [0.5, 0.6) is 5.75 Å². The van der Waals surface area contributed by atoms with Crippen LogP contribution in [0.4, 0.5) is 0 Å². The highest BCUT2D eigenvalue weighted by Crippen LogP contribution is 2.20. The summed E-state index contributed by atoms with van der Waals surface area (Å²) < 4.78 is 0. The summed E-state index contributed by atoms with van der Waals surface area (Å²) in [6.45, 7) is 6.85. The Balaban J connectivity index is 2.25. The van der Waals surface area contributed by atoms with E-state index < -0.39 is 11.9 Å². The number of phenolic OH excluding ortho intramolecular Hbond substituents is 1. The second-order valence-electron chi connectivity index (χ2n) is 8.60. The van der Waals surface area contributed by atoms with Crippen molar-refractivity contribution in [1.29, 1.82) is 0 Å². The molecule has 0 heterocycles. The third-order valence-electron chi connectivity index (χ3n) is 4.60. The van der Waals surface area contributed by atoms with Crippen molar-refractivity contribution < 1.29 is 19.5 Å². The summed E-state index contributed by atoms with van der Waals surface area (Å²) in [7, 11) is 0. The number of carbonyl (C=O) groups excluding carboxylic acids is 3. The molecule has 0 fully saturated rings. The predicted octanol–water partition coefficient (Wildman–Crippen LogP) is 2.41. The molecule has 0 saturated carbocycles. The van der Waals surface area contributed by atoms with Crippen LogP contribution >= 0.6 is 0 Å². The van der Waals surface area contributed by atoms with E-state index in [1.807, 2.05) is 0 Å². The Morgan fingerprint density at radius 3 is 2.28 bits per heavy atom. The van der Waals surface area contributed by atoms with Gasteiger partial charge >= 0.3 is 0 Å². The summed E-state index contributed by atoms with van der Waals surface area (Å²) >= 11 is 0. The van der Waals surface area contributed by atoms with Crippen LogP contribution < -0.4 is 16.4 Å². The minimum Gasteiger partial charge on any atom is -0.508 e. The van der Waals surface area contributed by atoms with Crippen molar-refractivity contribution in [3.63, 3.8) is 0 Å². The zero-order valence-electron chi connectivity index (χ0n) is 17.8. The van der Waals surface area contributed by atoms with Gasteiger partial charge in [0, 0.05) is 19.4 Å². The molecule has 0 bridgehead atoms. The first kappa shape index (κ1) is 24.5. The summed E-state index contributed by atoms with van der Waals surface area (Å²) in [5.74, 6) is -0.583. The van der Waals surface area contributed by atoms with Crippen molar-refractivity contribution in [1.82, 2.24) is 10.6 Å². The van der Waals surface area contributed by atoms with Gasteiger partial charge in [-0.05, 0) is 55.2 Å². The third-order valence-corrected chi connectivity index (χ3v) is 4.60. The molecule has 5 N–H and O–H groups in total. The van der Waals surface area contributed by atoms with Crippen molar-refractivity contribution >= 4 is 17.7 Å². The normalized spacial score (nSPS) is 12.2. The van der Waals surface area contributed by atoms with Gasteiger partial charge < -0.3 is 21.5 Å². The number of unbranched alkanes of at least 4 members (excludes halogenated alkanes) is 1. The summed E-state index contributed by atoms with van der Waals surface area (Å²) in [4.78, 5) is 35.5. The van der Waals surface area contributed by atoms with Crippen LogP contribution in [0.3, 0.4) is 0 Å². The van der Waals surface area contributed by atoms with Crippen LogP contribution in [0, 0.1) is 5.41 Å². The van der Waals surface area contributed by atoms with Crippen molar-refractivity contribution in [2.75, 3.05) is 6.54 Å². The summed E-state index contributed by atoms with van der Waals surface area (Å²) in [6.07, 6.45) is 3.91. The molecule has 0 aliphatic heterocycles. The van der Waals surface area contributed by atoms with Crippen molar-refractivity contribution in [2.24, 2.45) is 11.1 Å². The Hall–Kier alpha value is -2.57. The summed E-state index contributed by atoms with van der Waals surface area (Å²) in [6, 6.07) is 5.94. The van der Waals surface area contributed by atoms with Gasteiger partial charge in [0.2, 0.25) is 17.7 Å². The highest BCUT2D eigenvalue weighted by Gasteiger charge is 2.17. The summed E-state index contributed by atoms with van der Waals surface area (Å²) in [5.41, 5.74) is 6.46. The molecule has 0 aliphatic carbocycles. The predicted molar refractivity (Wildman–Crippen MR) is 113 cm³/mol. The highest BCUT2D eigenvalue weighted by atomic mass is 16.3.